The lowest BCUT2D eigenvalue weighted by Gasteiger charge is -2.45. The number of carbonyl (C=O) groups is 1. The first kappa shape index (κ1) is 13.9. The van der Waals surface area contributed by atoms with Crippen LogP contribution in [-0.4, -0.2) is 35.1 Å². The van der Waals surface area contributed by atoms with Gasteiger partial charge in [-0.1, -0.05) is 30.2 Å². The Hall–Kier alpha value is -1.06. The van der Waals surface area contributed by atoms with Crippen molar-refractivity contribution < 1.29 is 9.90 Å². The quantitative estimate of drug-likeness (QED) is 0.911. The summed E-state index contributed by atoms with van der Waals surface area (Å²) in [5.74, 6) is 0.171. The highest BCUT2D eigenvalue weighted by molar-refractivity contribution is 6.30. The maximum Gasteiger partial charge on any atom is 0.233 e. The smallest absolute Gasteiger partial charge is 0.233 e. The first-order chi connectivity index (χ1) is 9.62. The monoisotopic (exact) mass is 293 g/mol. The van der Waals surface area contributed by atoms with Crippen LogP contribution < -0.4 is 0 Å². The van der Waals surface area contributed by atoms with Crippen LogP contribution in [0.5, 0.6) is 0 Å². The van der Waals surface area contributed by atoms with Crippen LogP contribution >= 0.6 is 11.6 Å². The van der Waals surface area contributed by atoms with Crippen molar-refractivity contribution in [1.82, 2.24) is 4.90 Å². The summed E-state index contributed by atoms with van der Waals surface area (Å²) in [5.41, 5.74) is 0.628. The average molecular weight is 294 g/mol. The molecule has 1 aliphatic heterocycles. The third kappa shape index (κ3) is 2.33. The lowest BCUT2D eigenvalue weighted by atomic mass is 9.63. The Morgan fingerprint density at radius 3 is 2.75 bits per heavy atom. The molecule has 1 aromatic carbocycles. The second-order valence-electron chi connectivity index (χ2n) is 5.99. The van der Waals surface area contributed by atoms with E-state index >= 15 is 0 Å². The minimum Gasteiger partial charge on any atom is -0.391 e. The summed E-state index contributed by atoms with van der Waals surface area (Å²) in [6.07, 6.45) is 4.17. The predicted molar refractivity (Wildman–Crippen MR) is 78.8 cm³/mol. The molecular weight excluding hydrogens is 274 g/mol. The van der Waals surface area contributed by atoms with Gasteiger partial charge < -0.3 is 10.0 Å². The third-order valence-corrected chi connectivity index (χ3v) is 4.91. The second-order valence-corrected chi connectivity index (χ2v) is 6.43. The second kappa shape index (κ2) is 5.38. The van der Waals surface area contributed by atoms with Gasteiger partial charge in [-0.05, 0) is 43.4 Å². The number of aliphatic hydroxyl groups is 1. The van der Waals surface area contributed by atoms with Crippen molar-refractivity contribution in [2.24, 2.45) is 0 Å². The molecule has 1 amide bonds. The number of hydrogen-bond acceptors (Lipinski definition) is 2. The van der Waals surface area contributed by atoms with Gasteiger partial charge in [-0.15, -0.1) is 0 Å². The van der Waals surface area contributed by atoms with Crippen LogP contribution in [0, 0.1) is 0 Å². The van der Waals surface area contributed by atoms with Crippen molar-refractivity contribution >= 4 is 17.5 Å². The Labute approximate surface area is 124 Å². The first-order valence-electron chi connectivity index (χ1n) is 7.35. The first-order valence-corrected chi connectivity index (χ1v) is 7.73. The van der Waals surface area contributed by atoms with E-state index in [-0.39, 0.29) is 12.0 Å². The molecular formula is C16H20ClNO2. The van der Waals surface area contributed by atoms with Crippen molar-refractivity contribution in [2.45, 2.75) is 43.6 Å². The molecule has 1 N–H and O–H groups in total. The number of amides is 1. The molecule has 1 aliphatic carbocycles. The normalized spacial score (nSPS) is 25.1. The number of halogens is 1. The fourth-order valence-electron chi connectivity index (χ4n) is 3.38. The van der Waals surface area contributed by atoms with Crippen LogP contribution in [0.1, 0.15) is 37.7 Å². The maximum absolute atomic E-state index is 12.9. The van der Waals surface area contributed by atoms with Gasteiger partial charge in [0.2, 0.25) is 5.91 Å². The molecule has 3 rings (SSSR count). The van der Waals surface area contributed by atoms with Gasteiger partial charge in [0.15, 0.2) is 0 Å². The van der Waals surface area contributed by atoms with Crippen molar-refractivity contribution in [3.63, 3.8) is 0 Å². The topological polar surface area (TPSA) is 40.5 Å². The van der Waals surface area contributed by atoms with Crippen molar-refractivity contribution in [3.8, 4) is 0 Å². The van der Waals surface area contributed by atoms with E-state index < -0.39 is 5.41 Å². The number of carbonyl (C=O) groups excluding carboxylic acids is 1. The van der Waals surface area contributed by atoms with E-state index in [0.717, 1.165) is 44.2 Å². The molecule has 0 bridgehead atoms. The Bertz CT molecular complexity index is 513. The van der Waals surface area contributed by atoms with Gasteiger partial charge in [0.05, 0.1) is 11.5 Å². The summed E-state index contributed by atoms with van der Waals surface area (Å²) in [6, 6.07) is 7.67. The fourth-order valence-corrected chi connectivity index (χ4v) is 3.57. The van der Waals surface area contributed by atoms with E-state index in [2.05, 4.69) is 0 Å². The Balaban J connectivity index is 1.87. The molecule has 1 atom stereocenters. The Kier molecular flexibility index (Phi) is 3.74. The highest BCUT2D eigenvalue weighted by atomic mass is 35.5. The molecule has 2 aliphatic rings. The number of benzene rings is 1. The Morgan fingerprint density at radius 2 is 2.15 bits per heavy atom. The summed E-state index contributed by atoms with van der Waals surface area (Å²) in [7, 11) is 0. The number of aliphatic hydroxyl groups excluding tert-OH is 1. The Morgan fingerprint density at radius 1 is 1.35 bits per heavy atom. The molecule has 4 heteroatoms. The van der Waals surface area contributed by atoms with Crippen molar-refractivity contribution in [2.75, 3.05) is 13.1 Å². The average Bonchev–Trinajstić information content (AvgIpc) is 2.37. The molecule has 1 heterocycles. The van der Waals surface area contributed by atoms with Crippen LogP contribution in [0.4, 0.5) is 0 Å². The van der Waals surface area contributed by atoms with Crippen LogP contribution in [0.3, 0.4) is 0 Å². The summed E-state index contributed by atoms with van der Waals surface area (Å²) in [5, 5.41) is 10.5. The van der Waals surface area contributed by atoms with E-state index in [0.29, 0.717) is 11.6 Å². The van der Waals surface area contributed by atoms with Gasteiger partial charge in [-0.25, -0.2) is 0 Å². The van der Waals surface area contributed by atoms with Gasteiger partial charge in [0.25, 0.3) is 0 Å². The molecule has 2 fully saturated rings. The molecule has 0 spiro atoms. The van der Waals surface area contributed by atoms with E-state index in [4.69, 9.17) is 11.6 Å². The standard InChI is InChI=1S/C16H20ClNO2/c17-13-5-1-4-12(10-13)16(7-3-8-16)15(20)18-9-2-6-14(19)11-18/h1,4-5,10,14,19H,2-3,6-9,11H2. The summed E-state index contributed by atoms with van der Waals surface area (Å²) >= 11 is 6.08. The molecule has 1 aromatic rings. The number of hydrogen-bond donors (Lipinski definition) is 1. The summed E-state index contributed by atoms with van der Waals surface area (Å²) < 4.78 is 0. The van der Waals surface area contributed by atoms with Gasteiger partial charge in [0.1, 0.15) is 0 Å². The molecule has 20 heavy (non-hydrogen) atoms. The summed E-state index contributed by atoms with van der Waals surface area (Å²) in [6.45, 7) is 1.24. The van der Waals surface area contributed by atoms with Gasteiger partial charge in [-0.3, -0.25) is 4.79 Å². The predicted octanol–water partition coefficient (Wildman–Crippen LogP) is 2.75. The molecule has 0 aromatic heterocycles. The molecule has 1 saturated heterocycles. The van der Waals surface area contributed by atoms with Gasteiger partial charge in [0, 0.05) is 18.1 Å². The van der Waals surface area contributed by atoms with Crippen LogP contribution in [-0.2, 0) is 10.2 Å². The molecule has 3 nitrogen and oxygen atoms in total. The van der Waals surface area contributed by atoms with Crippen molar-refractivity contribution in [1.29, 1.82) is 0 Å². The number of piperidine rings is 1. The van der Waals surface area contributed by atoms with Gasteiger partial charge in [-0.2, -0.15) is 0 Å². The number of rotatable bonds is 2. The van der Waals surface area contributed by atoms with E-state index in [1.165, 1.54) is 0 Å². The SMILES string of the molecule is O=C(N1CCCC(O)C1)C1(c2cccc(Cl)c2)CCC1. The number of nitrogens with zero attached hydrogens (tertiary/aromatic N) is 1. The van der Waals surface area contributed by atoms with E-state index in [1.54, 1.807) is 0 Å². The maximum atomic E-state index is 12.9. The van der Waals surface area contributed by atoms with E-state index in [1.807, 2.05) is 29.2 Å². The zero-order valence-corrected chi connectivity index (χ0v) is 12.3. The number of likely N-dealkylation sites (tertiary alicyclic amines) is 1. The number of β-amino-alcohol motifs (C(OH)–C–C–N with tert-alkyl or cyclic N) is 1. The lowest BCUT2D eigenvalue weighted by Crippen LogP contribution is -2.54. The summed E-state index contributed by atoms with van der Waals surface area (Å²) in [4.78, 5) is 14.8. The van der Waals surface area contributed by atoms with E-state index in [9.17, 15) is 9.90 Å². The molecule has 1 unspecified atom stereocenters. The van der Waals surface area contributed by atoms with Crippen LogP contribution in [0.25, 0.3) is 0 Å². The van der Waals surface area contributed by atoms with Crippen molar-refractivity contribution in [3.05, 3.63) is 34.9 Å². The molecule has 0 radical (unpaired) electrons. The molecule has 108 valence electrons. The van der Waals surface area contributed by atoms with Crippen LogP contribution in [0.2, 0.25) is 5.02 Å². The van der Waals surface area contributed by atoms with Crippen LogP contribution in [0.15, 0.2) is 24.3 Å². The highest BCUT2D eigenvalue weighted by Crippen LogP contribution is 2.46. The highest BCUT2D eigenvalue weighted by Gasteiger charge is 2.48. The fraction of sp³-hybridized carbons (Fsp3) is 0.562. The van der Waals surface area contributed by atoms with Gasteiger partial charge >= 0.3 is 0 Å². The zero-order valence-electron chi connectivity index (χ0n) is 11.5. The minimum atomic E-state index is -0.401. The zero-order chi connectivity index (χ0) is 14.2. The largest absolute Gasteiger partial charge is 0.391 e. The third-order valence-electron chi connectivity index (χ3n) is 4.68. The lowest BCUT2D eigenvalue weighted by molar-refractivity contribution is -0.144. The molecule has 1 saturated carbocycles. The minimum absolute atomic E-state index is 0.171.